The van der Waals surface area contributed by atoms with Crippen LogP contribution in [0.15, 0.2) is 200 Å². The Morgan fingerprint density at radius 1 is 0.241 bits per heavy atom. The Labute approximate surface area is 313 Å². The molecular formula is C53H33N. The van der Waals surface area contributed by atoms with Gasteiger partial charge in [-0.15, -0.1) is 0 Å². The van der Waals surface area contributed by atoms with Crippen molar-refractivity contribution in [3.05, 3.63) is 200 Å². The van der Waals surface area contributed by atoms with Gasteiger partial charge in [-0.3, -0.25) is 4.98 Å². The van der Waals surface area contributed by atoms with E-state index in [9.17, 15) is 0 Å². The molecule has 10 aromatic carbocycles. The molecule has 250 valence electrons. The van der Waals surface area contributed by atoms with E-state index >= 15 is 0 Å². The summed E-state index contributed by atoms with van der Waals surface area (Å²) < 4.78 is 0. The molecule has 1 heterocycles. The van der Waals surface area contributed by atoms with Crippen LogP contribution in [0.5, 0.6) is 0 Å². The second-order valence-electron chi connectivity index (χ2n) is 14.3. The molecule has 0 radical (unpaired) electrons. The Bertz CT molecular complexity index is 2970. The highest BCUT2D eigenvalue weighted by Gasteiger charge is 2.18. The zero-order chi connectivity index (χ0) is 35.6. The summed E-state index contributed by atoms with van der Waals surface area (Å²) in [4.78, 5) is 4.69. The number of hydrogen-bond acceptors (Lipinski definition) is 1. The van der Waals surface area contributed by atoms with Gasteiger partial charge in [-0.25, -0.2) is 0 Å². The van der Waals surface area contributed by atoms with E-state index in [1.165, 1.54) is 104 Å². The van der Waals surface area contributed by atoms with Gasteiger partial charge in [0.05, 0.1) is 0 Å². The van der Waals surface area contributed by atoms with E-state index in [1.54, 1.807) is 0 Å². The molecular weight excluding hydrogens is 651 g/mol. The number of pyridine rings is 1. The molecule has 0 spiro atoms. The molecule has 0 N–H and O–H groups in total. The third-order valence-corrected chi connectivity index (χ3v) is 11.3. The molecule has 1 aromatic heterocycles. The van der Waals surface area contributed by atoms with Gasteiger partial charge in [-0.05, 0) is 134 Å². The van der Waals surface area contributed by atoms with Crippen LogP contribution >= 0.6 is 0 Å². The molecule has 0 aliphatic rings. The highest BCUT2D eigenvalue weighted by molar-refractivity contribution is 6.22. The molecule has 0 atom stereocenters. The van der Waals surface area contributed by atoms with Crippen LogP contribution in [0.4, 0.5) is 0 Å². The Morgan fingerprint density at radius 2 is 0.611 bits per heavy atom. The Balaban J connectivity index is 1.06. The quantitative estimate of drug-likeness (QED) is 0.133. The summed E-state index contributed by atoms with van der Waals surface area (Å²) in [5, 5.41) is 14.9. The summed E-state index contributed by atoms with van der Waals surface area (Å²) in [7, 11) is 0. The van der Waals surface area contributed by atoms with Crippen LogP contribution in [0.1, 0.15) is 0 Å². The number of fused-ring (bicyclic) bond motifs is 8. The predicted molar refractivity (Wildman–Crippen MR) is 231 cm³/mol. The lowest BCUT2D eigenvalue weighted by Crippen LogP contribution is -1.92. The number of hydrogen-bond donors (Lipinski definition) is 0. The maximum absolute atomic E-state index is 4.69. The first kappa shape index (κ1) is 30.5. The van der Waals surface area contributed by atoms with Gasteiger partial charge in [0, 0.05) is 17.8 Å². The average molecular weight is 684 g/mol. The third kappa shape index (κ3) is 4.90. The molecule has 0 bridgehead atoms. The summed E-state index contributed by atoms with van der Waals surface area (Å²) in [6.45, 7) is 0. The molecule has 11 aromatic rings. The lowest BCUT2D eigenvalue weighted by molar-refractivity contribution is 1.37. The Kier molecular flexibility index (Phi) is 6.93. The Hall–Kier alpha value is -7.09. The van der Waals surface area contributed by atoms with E-state index in [1.807, 2.05) is 6.20 Å². The maximum atomic E-state index is 4.69. The first-order valence-corrected chi connectivity index (χ1v) is 18.6. The standard InChI is InChI=1S/C53H33N/c1-3-9-34(10-4-1)36-19-23-44-38(29-36)15-17-40-31-42(21-25-46(40)44)52-48-13-7-8-14-49(48)53(51-33-54-28-27-50(51)52)43-22-26-47-41(32-43)18-16-39-30-37(20-24-45(39)47)35-11-5-2-6-12-35/h1-33H. The van der Waals surface area contributed by atoms with E-state index in [0.717, 1.165) is 5.39 Å². The number of aromatic nitrogens is 1. The van der Waals surface area contributed by atoms with Crippen LogP contribution in [-0.4, -0.2) is 4.98 Å². The highest BCUT2D eigenvalue weighted by atomic mass is 14.6. The number of nitrogens with zero attached hydrogens (tertiary/aromatic N) is 1. The van der Waals surface area contributed by atoms with E-state index in [0.29, 0.717) is 0 Å². The second kappa shape index (κ2) is 12.3. The van der Waals surface area contributed by atoms with Gasteiger partial charge in [0.25, 0.3) is 0 Å². The molecule has 1 heteroatoms. The minimum absolute atomic E-state index is 1.16. The SMILES string of the molecule is c1ccc(-c2ccc3c(ccc4cc(-c5c6ccccc6c(-c6ccc7c(ccc8cc(-c9ccccc9)ccc87)c6)c6cnccc56)ccc43)c2)cc1. The van der Waals surface area contributed by atoms with Gasteiger partial charge in [-0.1, -0.05) is 158 Å². The summed E-state index contributed by atoms with van der Waals surface area (Å²) in [5.74, 6) is 0. The highest BCUT2D eigenvalue weighted by Crippen LogP contribution is 2.45. The van der Waals surface area contributed by atoms with Gasteiger partial charge >= 0.3 is 0 Å². The van der Waals surface area contributed by atoms with Crippen molar-refractivity contribution in [1.82, 2.24) is 4.98 Å². The lowest BCUT2D eigenvalue weighted by atomic mass is 9.85. The van der Waals surface area contributed by atoms with Crippen molar-refractivity contribution in [2.45, 2.75) is 0 Å². The minimum atomic E-state index is 1.16. The van der Waals surface area contributed by atoms with E-state index in [-0.39, 0.29) is 0 Å². The van der Waals surface area contributed by atoms with Crippen LogP contribution in [0.2, 0.25) is 0 Å². The smallest absolute Gasteiger partial charge is 0.0353 e. The van der Waals surface area contributed by atoms with Gasteiger partial charge in [-0.2, -0.15) is 0 Å². The number of rotatable bonds is 4. The fraction of sp³-hybridized carbons (Fsp3) is 0. The largest absolute Gasteiger partial charge is 0.264 e. The van der Waals surface area contributed by atoms with Crippen molar-refractivity contribution in [3.8, 4) is 44.5 Å². The van der Waals surface area contributed by atoms with Crippen LogP contribution < -0.4 is 0 Å². The van der Waals surface area contributed by atoms with Crippen molar-refractivity contribution < 1.29 is 0 Å². The number of benzene rings is 10. The monoisotopic (exact) mass is 683 g/mol. The normalized spacial score (nSPS) is 11.7. The molecule has 0 saturated carbocycles. The molecule has 0 amide bonds. The molecule has 0 saturated heterocycles. The summed E-state index contributed by atoms with van der Waals surface area (Å²) in [5.41, 5.74) is 9.82. The van der Waals surface area contributed by atoms with Crippen molar-refractivity contribution in [2.75, 3.05) is 0 Å². The van der Waals surface area contributed by atoms with Gasteiger partial charge in [0.15, 0.2) is 0 Å². The lowest BCUT2D eigenvalue weighted by Gasteiger charge is -2.18. The zero-order valence-electron chi connectivity index (χ0n) is 29.5. The first-order chi connectivity index (χ1) is 26.8. The molecule has 11 rings (SSSR count). The Morgan fingerprint density at radius 3 is 1.07 bits per heavy atom. The average Bonchev–Trinajstić information content (AvgIpc) is 3.25. The molecule has 0 aliphatic carbocycles. The minimum Gasteiger partial charge on any atom is -0.264 e. The molecule has 0 fully saturated rings. The van der Waals surface area contributed by atoms with Gasteiger partial charge in [0.2, 0.25) is 0 Å². The molecule has 0 unspecified atom stereocenters. The van der Waals surface area contributed by atoms with Crippen LogP contribution in [-0.2, 0) is 0 Å². The van der Waals surface area contributed by atoms with Gasteiger partial charge < -0.3 is 0 Å². The summed E-state index contributed by atoms with van der Waals surface area (Å²) >= 11 is 0. The predicted octanol–water partition coefficient (Wildman–Crippen LogP) is 14.7. The summed E-state index contributed by atoms with van der Waals surface area (Å²) in [6.07, 6.45) is 3.98. The van der Waals surface area contributed by atoms with Crippen molar-refractivity contribution in [2.24, 2.45) is 0 Å². The first-order valence-electron chi connectivity index (χ1n) is 18.6. The van der Waals surface area contributed by atoms with E-state index in [4.69, 9.17) is 4.98 Å². The van der Waals surface area contributed by atoms with Crippen LogP contribution in [0.3, 0.4) is 0 Å². The molecule has 54 heavy (non-hydrogen) atoms. The maximum Gasteiger partial charge on any atom is 0.0353 e. The fourth-order valence-corrected chi connectivity index (χ4v) is 8.72. The third-order valence-electron chi connectivity index (χ3n) is 11.3. The summed E-state index contributed by atoms with van der Waals surface area (Å²) in [6, 6.07) is 69.0. The van der Waals surface area contributed by atoms with Crippen molar-refractivity contribution in [3.63, 3.8) is 0 Å². The van der Waals surface area contributed by atoms with E-state index in [2.05, 4.69) is 194 Å². The van der Waals surface area contributed by atoms with Gasteiger partial charge in [0.1, 0.15) is 0 Å². The van der Waals surface area contributed by atoms with Crippen molar-refractivity contribution >= 4 is 64.6 Å². The van der Waals surface area contributed by atoms with E-state index < -0.39 is 0 Å². The van der Waals surface area contributed by atoms with Crippen LogP contribution in [0, 0.1) is 0 Å². The van der Waals surface area contributed by atoms with Crippen LogP contribution in [0.25, 0.3) is 109 Å². The zero-order valence-corrected chi connectivity index (χ0v) is 29.5. The molecule has 1 nitrogen and oxygen atoms in total. The fourth-order valence-electron chi connectivity index (χ4n) is 8.72. The van der Waals surface area contributed by atoms with Crippen molar-refractivity contribution in [1.29, 1.82) is 0 Å². The molecule has 0 aliphatic heterocycles. The second-order valence-corrected chi connectivity index (χ2v) is 14.3. The topological polar surface area (TPSA) is 12.9 Å².